The lowest BCUT2D eigenvalue weighted by Gasteiger charge is -2.16. The maximum Gasteiger partial charge on any atom is 0.328 e. The average Bonchev–Trinajstić information content (AvgIpc) is 2.58. The Morgan fingerprint density at radius 2 is 1.69 bits per heavy atom. The number of hydrogen-bond acceptors (Lipinski definition) is 6. The van der Waals surface area contributed by atoms with Crippen molar-refractivity contribution in [2.45, 2.75) is 6.10 Å². The molecule has 8 nitrogen and oxygen atoms in total. The van der Waals surface area contributed by atoms with Crippen molar-refractivity contribution in [2.75, 3.05) is 20.2 Å². The van der Waals surface area contributed by atoms with Gasteiger partial charge in [-0.2, -0.15) is 0 Å². The number of aliphatic hydroxyl groups is 1. The minimum atomic E-state index is -1.26. The zero-order chi connectivity index (χ0) is 19.5. The number of nitrogens with two attached hydrogens (primary N) is 1. The van der Waals surface area contributed by atoms with Crippen molar-refractivity contribution >= 4 is 22.7 Å². The highest BCUT2D eigenvalue weighted by Gasteiger charge is 2.07. The predicted molar refractivity (Wildman–Crippen MR) is 96.7 cm³/mol. The van der Waals surface area contributed by atoms with E-state index in [1.165, 1.54) is 10.4 Å². The molecule has 1 atom stereocenters. The van der Waals surface area contributed by atoms with Crippen LogP contribution in [0.15, 0.2) is 54.6 Å². The molecule has 0 heterocycles. The van der Waals surface area contributed by atoms with E-state index in [1.54, 1.807) is 7.05 Å². The Morgan fingerprint density at radius 3 is 2.23 bits per heavy atom. The number of hydrazine groups is 1. The normalized spacial score (nSPS) is 11.8. The zero-order valence-corrected chi connectivity index (χ0v) is 14.3. The highest BCUT2D eigenvalue weighted by Crippen LogP contribution is 2.20. The van der Waals surface area contributed by atoms with Gasteiger partial charge in [0.15, 0.2) is 0 Å². The van der Waals surface area contributed by atoms with Crippen LogP contribution in [0, 0.1) is 0 Å². The molecule has 0 bridgehead atoms. The topological polar surface area (TPSA) is 133 Å². The first-order chi connectivity index (χ1) is 12.3. The first-order valence-corrected chi connectivity index (χ1v) is 7.67. The second kappa shape index (κ2) is 10.8. The predicted octanol–water partition coefficient (Wildman–Crippen LogP) is 1.10. The van der Waals surface area contributed by atoms with Gasteiger partial charge < -0.3 is 20.1 Å². The number of aliphatic hydroxyl groups excluding tert-OH is 1. The van der Waals surface area contributed by atoms with E-state index < -0.39 is 18.0 Å². The van der Waals surface area contributed by atoms with Crippen molar-refractivity contribution in [1.29, 1.82) is 0 Å². The summed E-state index contributed by atoms with van der Waals surface area (Å²) in [7, 11) is 1.71. The number of nitrogens with zero attached hydrogens (tertiary/aromatic N) is 1. The Hall–Kier alpha value is -2.94. The van der Waals surface area contributed by atoms with Crippen molar-refractivity contribution in [2.24, 2.45) is 5.84 Å². The fraction of sp³-hybridized carbons (Fsp3) is 0.222. The zero-order valence-electron chi connectivity index (χ0n) is 14.3. The second-order valence-corrected chi connectivity index (χ2v) is 5.42. The third-order valence-corrected chi connectivity index (χ3v) is 3.03. The van der Waals surface area contributed by atoms with Crippen molar-refractivity contribution < 1.29 is 29.6 Å². The van der Waals surface area contributed by atoms with Gasteiger partial charge in [0.25, 0.3) is 0 Å². The van der Waals surface area contributed by atoms with Gasteiger partial charge in [0, 0.05) is 25.7 Å². The summed E-state index contributed by atoms with van der Waals surface area (Å²) in [6.45, 7) is 0.619. The summed E-state index contributed by atoms with van der Waals surface area (Å²) in [4.78, 5) is 19.1. The number of fused-ring (bicyclic) bond motifs is 1. The van der Waals surface area contributed by atoms with Crippen LogP contribution in [0.2, 0.25) is 0 Å². The third-order valence-electron chi connectivity index (χ3n) is 3.03. The molecule has 0 amide bonds. The molecule has 2 aromatic rings. The average molecular weight is 362 g/mol. The summed E-state index contributed by atoms with van der Waals surface area (Å²) >= 11 is 0. The number of hydrogen-bond donors (Lipinski definition) is 4. The lowest BCUT2D eigenvalue weighted by atomic mass is 10.1. The fourth-order valence-electron chi connectivity index (χ4n) is 1.98. The van der Waals surface area contributed by atoms with Crippen LogP contribution in [0.4, 0.5) is 0 Å². The highest BCUT2D eigenvalue weighted by atomic mass is 16.5. The van der Waals surface area contributed by atoms with E-state index in [0.29, 0.717) is 18.7 Å². The fourth-order valence-corrected chi connectivity index (χ4v) is 1.98. The molecule has 0 spiro atoms. The van der Waals surface area contributed by atoms with Gasteiger partial charge >= 0.3 is 11.9 Å². The van der Waals surface area contributed by atoms with Gasteiger partial charge in [-0.15, -0.1) is 0 Å². The molecular weight excluding hydrogens is 340 g/mol. The maximum atomic E-state index is 9.65. The van der Waals surface area contributed by atoms with Crippen LogP contribution in [-0.2, 0) is 9.59 Å². The molecule has 2 aromatic carbocycles. The molecular formula is C18H22N2O6. The highest BCUT2D eigenvalue weighted by molar-refractivity contribution is 5.89. The summed E-state index contributed by atoms with van der Waals surface area (Å²) in [5.74, 6) is 3.70. The number of ether oxygens (including phenoxy) is 1. The Kier molecular flexibility index (Phi) is 8.79. The molecule has 0 fully saturated rings. The number of likely N-dealkylation sites (N-methyl/N-ethyl adjacent to an activating group) is 1. The lowest BCUT2D eigenvalue weighted by Crippen LogP contribution is -2.37. The summed E-state index contributed by atoms with van der Waals surface area (Å²) in [6.07, 6.45) is 0.525. The van der Waals surface area contributed by atoms with Gasteiger partial charge in [-0.25, -0.2) is 14.6 Å². The minimum absolute atomic E-state index is 0.236. The van der Waals surface area contributed by atoms with E-state index >= 15 is 0 Å². The van der Waals surface area contributed by atoms with Gasteiger partial charge in [0.1, 0.15) is 18.5 Å². The number of aliphatic carboxylic acids is 2. The van der Waals surface area contributed by atoms with E-state index in [0.717, 1.165) is 11.1 Å². The SMILES string of the molecule is CN(N)CC(O)COc1ccc2ccccc2c1.O=C(O)/C=C/C(=O)O. The lowest BCUT2D eigenvalue weighted by molar-refractivity contribution is -0.134. The first kappa shape index (κ1) is 21.1. The van der Waals surface area contributed by atoms with Crippen LogP contribution >= 0.6 is 0 Å². The molecule has 140 valence electrons. The summed E-state index contributed by atoms with van der Waals surface area (Å²) < 4.78 is 5.54. The summed E-state index contributed by atoms with van der Waals surface area (Å²) in [5, 5.41) is 29.0. The van der Waals surface area contributed by atoms with Crippen molar-refractivity contribution in [3.8, 4) is 5.75 Å². The van der Waals surface area contributed by atoms with Crippen LogP contribution in [-0.4, -0.2) is 58.6 Å². The quantitative estimate of drug-likeness (QED) is 0.327. The van der Waals surface area contributed by atoms with Gasteiger partial charge in [0.05, 0.1) is 0 Å². The van der Waals surface area contributed by atoms with Gasteiger partial charge in [-0.05, 0) is 22.9 Å². The number of carboxylic acids is 2. The van der Waals surface area contributed by atoms with Crippen molar-refractivity contribution in [3.05, 3.63) is 54.6 Å². The Balaban J connectivity index is 0.000000359. The monoisotopic (exact) mass is 362 g/mol. The smallest absolute Gasteiger partial charge is 0.328 e. The van der Waals surface area contributed by atoms with Crippen LogP contribution in [0.5, 0.6) is 5.75 Å². The molecule has 5 N–H and O–H groups in total. The molecule has 0 aliphatic rings. The molecule has 0 saturated carbocycles. The van der Waals surface area contributed by atoms with E-state index in [4.69, 9.17) is 20.8 Å². The maximum absolute atomic E-state index is 9.65. The second-order valence-electron chi connectivity index (χ2n) is 5.42. The van der Waals surface area contributed by atoms with Gasteiger partial charge in [-0.3, -0.25) is 5.84 Å². The van der Waals surface area contributed by atoms with Crippen LogP contribution in [0.3, 0.4) is 0 Å². The Labute approximate surface area is 150 Å². The van der Waals surface area contributed by atoms with E-state index in [1.807, 2.05) is 36.4 Å². The number of carbonyl (C=O) groups is 2. The van der Waals surface area contributed by atoms with Crippen molar-refractivity contribution in [3.63, 3.8) is 0 Å². The minimum Gasteiger partial charge on any atom is -0.491 e. The van der Waals surface area contributed by atoms with E-state index in [-0.39, 0.29) is 6.61 Å². The molecule has 0 saturated heterocycles. The molecule has 0 aromatic heterocycles. The Morgan fingerprint density at radius 1 is 1.12 bits per heavy atom. The molecule has 0 radical (unpaired) electrons. The summed E-state index contributed by atoms with van der Waals surface area (Å²) in [6, 6.07) is 14.0. The van der Waals surface area contributed by atoms with E-state index in [2.05, 4.69) is 6.07 Å². The standard InChI is InChI=1S/C14H18N2O2.C4H4O4/c1-16(15)9-13(17)10-18-14-7-6-11-4-2-3-5-12(11)8-14;5-3(6)1-2-4(7)8/h2-8,13,17H,9-10,15H2,1H3;1-2H,(H,5,6)(H,7,8)/b;2-1+. The van der Waals surface area contributed by atoms with Crippen LogP contribution < -0.4 is 10.6 Å². The molecule has 2 rings (SSSR count). The van der Waals surface area contributed by atoms with Crippen LogP contribution in [0.1, 0.15) is 0 Å². The van der Waals surface area contributed by atoms with Crippen molar-refractivity contribution in [1.82, 2.24) is 5.01 Å². The third kappa shape index (κ3) is 8.78. The molecule has 0 aliphatic heterocycles. The van der Waals surface area contributed by atoms with Crippen LogP contribution in [0.25, 0.3) is 10.8 Å². The number of benzene rings is 2. The molecule has 1 unspecified atom stereocenters. The molecule has 8 heteroatoms. The summed E-state index contributed by atoms with van der Waals surface area (Å²) in [5.41, 5.74) is 0. The van der Waals surface area contributed by atoms with E-state index in [9.17, 15) is 14.7 Å². The van der Waals surface area contributed by atoms with Gasteiger partial charge in [-0.1, -0.05) is 30.3 Å². The molecule has 26 heavy (non-hydrogen) atoms. The molecule has 0 aliphatic carbocycles. The number of carboxylic acid groups (broad SMARTS) is 2. The first-order valence-electron chi connectivity index (χ1n) is 7.67. The van der Waals surface area contributed by atoms with Gasteiger partial charge in [0.2, 0.25) is 0 Å². The largest absolute Gasteiger partial charge is 0.491 e. The Bertz CT molecular complexity index is 744. The number of rotatable bonds is 7.